The molecule has 0 N–H and O–H groups in total. The lowest BCUT2D eigenvalue weighted by atomic mass is 9.54. The number of fused-ring (bicyclic) bond motifs is 1. The van der Waals surface area contributed by atoms with E-state index in [2.05, 4.69) is 4.40 Å². The molecule has 296 valence electrons. The lowest BCUT2D eigenvalue weighted by Crippen LogP contribution is -2.48. The van der Waals surface area contributed by atoms with E-state index in [9.17, 15) is 49.3 Å². The van der Waals surface area contributed by atoms with Crippen LogP contribution in [0.1, 0.15) is 39.7 Å². The van der Waals surface area contributed by atoms with E-state index < -0.39 is 72.7 Å². The Morgan fingerprint density at radius 2 is 1.09 bits per heavy atom. The van der Waals surface area contributed by atoms with E-state index in [-0.39, 0.29) is 50.0 Å². The summed E-state index contributed by atoms with van der Waals surface area (Å²) in [6, 6.07) is 22.2. The molecule has 7 rings (SSSR count). The smallest absolute Gasteiger partial charge is 0.518 e. The zero-order valence-corrected chi connectivity index (χ0v) is 34.2. The molecule has 13 nitrogen and oxygen atoms in total. The third-order valence-electron chi connectivity index (χ3n) is 8.99. The van der Waals surface area contributed by atoms with E-state index in [1.165, 1.54) is 24.3 Å². The minimum Gasteiger partial charge on any atom is -0.858 e. The number of nitrogens with zero attached hydrogens (tertiary/aromatic N) is 1. The van der Waals surface area contributed by atoms with E-state index in [1.807, 2.05) is 48.5 Å². The minimum atomic E-state index is -6.02. The summed E-state index contributed by atoms with van der Waals surface area (Å²) in [6.45, 7) is -0.837. The zero-order chi connectivity index (χ0) is 40.6. The summed E-state index contributed by atoms with van der Waals surface area (Å²) >= 11 is 3.44. The molecule has 0 spiro atoms. The number of hydrogen-bond donors (Lipinski definition) is 0. The van der Waals surface area contributed by atoms with E-state index in [0.29, 0.717) is 0 Å². The summed E-state index contributed by atoms with van der Waals surface area (Å²) in [6.07, 6.45) is 0. The van der Waals surface area contributed by atoms with Crippen LogP contribution in [0.2, 0.25) is 0 Å². The molecule has 0 saturated heterocycles. The molecule has 2 bridgehead atoms. The van der Waals surface area contributed by atoms with Crippen molar-refractivity contribution in [3.05, 3.63) is 120 Å². The Morgan fingerprint density at radius 1 is 0.679 bits per heavy atom. The molecule has 4 aromatic carbocycles. The standard InChI is InChI=1S/C36H28F3I2NO12S2/c37-36(38,39)56(49,50)42-33(43)19-9-11-20(12-10-19)51-13-15-53-34(44)30-28-22-5-1-3-7-24(22)29(25-8-4-2-6-23(25)28)31(30)35(45)54-16-14-52-21-17-26(40)32(27(41)18-21)55(46,47)48/h1-12,17-18,28-31H,13-16H2,(H,42,43)(H,46,47,48)/p-2. The molecule has 20 heteroatoms. The second kappa shape index (κ2) is 16.5. The van der Waals surface area contributed by atoms with Crippen molar-refractivity contribution in [1.29, 1.82) is 0 Å². The number of carbonyl (C=O) groups excluding carboxylic acids is 2. The predicted octanol–water partition coefficient (Wildman–Crippen LogP) is 4.82. The van der Waals surface area contributed by atoms with Gasteiger partial charge in [0.2, 0.25) is 0 Å². The van der Waals surface area contributed by atoms with Gasteiger partial charge in [-0.25, -0.2) is 8.42 Å². The number of hydrogen-bond acceptors (Lipinski definition) is 12. The first-order chi connectivity index (χ1) is 26.4. The van der Waals surface area contributed by atoms with Crippen molar-refractivity contribution in [2.45, 2.75) is 22.2 Å². The van der Waals surface area contributed by atoms with Crippen molar-refractivity contribution < 1.29 is 68.2 Å². The molecule has 3 aliphatic carbocycles. The van der Waals surface area contributed by atoms with Gasteiger partial charge in [-0.1, -0.05) is 60.7 Å². The Hall–Kier alpha value is -4.00. The van der Waals surface area contributed by atoms with Gasteiger partial charge in [-0.05, 0) is 97.3 Å². The largest absolute Gasteiger partial charge is 0.858 e. The Balaban J connectivity index is 1.14. The van der Waals surface area contributed by atoms with E-state index in [4.69, 9.17) is 18.9 Å². The van der Waals surface area contributed by atoms with Gasteiger partial charge >= 0.3 is 27.5 Å². The first-order valence-electron chi connectivity index (χ1n) is 16.3. The van der Waals surface area contributed by atoms with Crippen molar-refractivity contribution in [3.8, 4) is 11.5 Å². The molecular weight excluding hydrogens is 1010 g/mol. The highest BCUT2D eigenvalue weighted by atomic mass is 127. The van der Waals surface area contributed by atoms with Gasteiger partial charge in [0.15, 0.2) is 0 Å². The molecule has 2 atom stereocenters. The lowest BCUT2D eigenvalue weighted by Gasteiger charge is -2.48. The van der Waals surface area contributed by atoms with Crippen LogP contribution < -0.4 is 14.6 Å². The normalized spacial score (nSPS) is 19.1. The molecule has 0 aliphatic heterocycles. The Kier molecular flexibility index (Phi) is 12.2. The summed E-state index contributed by atoms with van der Waals surface area (Å²) in [5, 5.41) is 12.0. The predicted molar refractivity (Wildman–Crippen MR) is 204 cm³/mol. The zero-order valence-electron chi connectivity index (χ0n) is 28.3. The maximum Gasteiger partial charge on any atom is 0.518 e. The fraction of sp³-hybridized carbons (Fsp3) is 0.250. The molecular formula is C36H26F3I2NO12S2-2. The van der Waals surface area contributed by atoms with Gasteiger partial charge in [0.25, 0.3) is 0 Å². The Labute approximate surface area is 345 Å². The van der Waals surface area contributed by atoms with Crippen molar-refractivity contribution >= 4 is 83.2 Å². The molecule has 0 heterocycles. The molecule has 0 fully saturated rings. The fourth-order valence-electron chi connectivity index (χ4n) is 6.81. The molecule has 0 radical (unpaired) electrons. The van der Waals surface area contributed by atoms with Crippen LogP contribution in [0.5, 0.6) is 11.5 Å². The van der Waals surface area contributed by atoms with Gasteiger partial charge in [0.05, 0.1) is 16.7 Å². The first-order valence-corrected chi connectivity index (χ1v) is 21.3. The number of benzene rings is 4. The average molecular weight is 1040 g/mol. The molecule has 0 amide bonds. The Bertz CT molecular complexity index is 2360. The second-order valence-electron chi connectivity index (χ2n) is 12.3. The molecule has 0 saturated carbocycles. The number of halogens is 5. The molecule has 2 unspecified atom stereocenters. The van der Waals surface area contributed by atoms with Gasteiger partial charge in [0.1, 0.15) is 48.0 Å². The van der Waals surface area contributed by atoms with Crippen LogP contribution in [0, 0.1) is 19.0 Å². The van der Waals surface area contributed by atoms with Crippen LogP contribution in [0.3, 0.4) is 0 Å². The van der Waals surface area contributed by atoms with Crippen molar-refractivity contribution in [3.63, 3.8) is 0 Å². The number of esters is 2. The number of sulfonamides is 1. The molecule has 0 aromatic heterocycles. The monoisotopic (exact) mass is 1040 g/mol. The van der Waals surface area contributed by atoms with Gasteiger partial charge in [-0.2, -0.15) is 26.0 Å². The topological polar surface area (TPSA) is 198 Å². The summed E-state index contributed by atoms with van der Waals surface area (Å²) in [5.74, 6) is -5.75. The SMILES string of the molecule is O=C(OCCOc1ccc(/C([O-])=N\S(=O)(=O)C(F)(F)F)cc1)C1C2c3ccccc3C(c3ccccc32)C1C(=O)OCCOc1cc(I)c(S(=O)(=O)[O-])c(I)c1. The lowest BCUT2D eigenvalue weighted by molar-refractivity contribution is -0.212. The van der Waals surface area contributed by atoms with Crippen LogP contribution in [-0.2, 0) is 39.2 Å². The average Bonchev–Trinajstić information content (AvgIpc) is 3.13. The van der Waals surface area contributed by atoms with Crippen LogP contribution in [-0.4, -0.2) is 71.2 Å². The van der Waals surface area contributed by atoms with Crippen LogP contribution in [0.15, 0.2) is 94.2 Å². The van der Waals surface area contributed by atoms with Crippen LogP contribution in [0.4, 0.5) is 13.2 Å². The summed E-state index contributed by atoms with van der Waals surface area (Å²) in [7, 11) is -10.7. The maximum atomic E-state index is 14.0. The van der Waals surface area contributed by atoms with E-state index >= 15 is 0 Å². The summed E-state index contributed by atoms with van der Waals surface area (Å²) < 4.78 is 120. The van der Waals surface area contributed by atoms with Crippen LogP contribution in [0.25, 0.3) is 0 Å². The highest BCUT2D eigenvalue weighted by Gasteiger charge is 2.56. The number of rotatable bonds is 13. The number of carbonyl (C=O) groups is 2. The van der Waals surface area contributed by atoms with Crippen molar-refractivity contribution in [1.82, 2.24) is 0 Å². The Morgan fingerprint density at radius 3 is 1.48 bits per heavy atom. The first kappa shape index (κ1) is 41.6. The van der Waals surface area contributed by atoms with E-state index in [0.717, 1.165) is 34.4 Å². The van der Waals surface area contributed by atoms with Crippen LogP contribution >= 0.6 is 45.2 Å². The highest BCUT2D eigenvalue weighted by Crippen LogP contribution is 2.58. The van der Waals surface area contributed by atoms with Gasteiger partial charge in [-0.15, -0.1) is 0 Å². The number of alkyl halides is 3. The highest BCUT2D eigenvalue weighted by molar-refractivity contribution is 14.1. The molecule has 3 aliphatic rings. The van der Waals surface area contributed by atoms with Gasteiger partial charge < -0.3 is 28.6 Å². The quantitative estimate of drug-likeness (QED) is 0.0443. The fourth-order valence-corrected chi connectivity index (χ4v) is 11.2. The maximum absolute atomic E-state index is 14.0. The summed E-state index contributed by atoms with van der Waals surface area (Å²) in [5.41, 5.74) is -2.72. The number of ether oxygens (including phenoxy) is 4. The minimum absolute atomic E-state index is 0.121. The van der Waals surface area contributed by atoms with Gasteiger partial charge in [0, 0.05) is 24.9 Å². The summed E-state index contributed by atoms with van der Waals surface area (Å²) in [4.78, 5) is 27.6. The molecule has 4 aromatic rings. The van der Waals surface area contributed by atoms with Gasteiger partial charge in [-0.3, -0.25) is 9.59 Å². The molecule has 56 heavy (non-hydrogen) atoms. The third kappa shape index (κ3) is 8.62. The van der Waals surface area contributed by atoms with Crippen molar-refractivity contribution in [2.24, 2.45) is 16.2 Å². The van der Waals surface area contributed by atoms with Crippen molar-refractivity contribution in [2.75, 3.05) is 26.4 Å². The second-order valence-corrected chi connectivity index (χ2v) is 17.5. The third-order valence-corrected chi connectivity index (χ3v) is 13.4. The van der Waals surface area contributed by atoms with E-state index in [1.54, 1.807) is 45.2 Å².